The predicted octanol–water partition coefficient (Wildman–Crippen LogP) is 4.97. The lowest BCUT2D eigenvalue weighted by Gasteiger charge is -2.36. The van der Waals surface area contributed by atoms with E-state index in [1.807, 2.05) is 0 Å². The van der Waals surface area contributed by atoms with Gasteiger partial charge < -0.3 is 4.43 Å². The van der Waals surface area contributed by atoms with E-state index in [2.05, 4.69) is 49.8 Å². The Morgan fingerprint density at radius 2 is 1.81 bits per heavy atom. The average molecular weight is 305 g/mol. The molecule has 0 heterocycles. The molecule has 0 unspecified atom stereocenters. The van der Waals surface area contributed by atoms with Gasteiger partial charge in [-0.2, -0.15) is 0 Å². The van der Waals surface area contributed by atoms with E-state index >= 15 is 0 Å². The molecule has 0 spiro atoms. The van der Waals surface area contributed by atoms with Gasteiger partial charge in [0.05, 0.1) is 0 Å². The van der Waals surface area contributed by atoms with Crippen LogP contribution in [0.25, 0.3) is 0 Å². The molecule has 0 bridgehead atoms. The van der Waals surface area contributed by atoms with E-state index in [1.54, 1.807) is 12.1 Å². The summed E-state index contributed by atoms with van der Waals surface area (Å²) < 4.78 is 20.3. The van der Waals surface area contributed by atoms with Crippen molar-refractivity contribution in [3.63, 3.8) is 0 Å². The summed E-state index contributed by atoms with van der Waals surface area (Å²) in [5.41, 5.74) is 0. The predicted molar refractivity (Wildman–Crippen MR) is 71.9 cm³/mol. The van der Waals surface area contributed by atoms with E-state index in [-0.39, 0.29) is 10.9 Å². The molecule has 0 amide bonds. The fraction of sp³-hybridized carbons (Fsp3) is 0.500. The van der Waals surface area contributed by atoms with Crippen molar-refractivity contribution < 1.29 is 8.82 Å². The van der Waals surface area contributed by atoms with Crippen LogP contribution in [0.3, 0.4) is 0 Å². The van der Waals surface area contributed by atoms with Crippen LogP contribution in [0.15, 0.2) is 22.7 Å². The zero-order chi connectivity index (χ0) is 12.6. The molecule has 1 rings (SSSR count). The standard InChI is InChI=1S/C12H18BrFOSi/c1-12(2,3)16(4,5)15-11-8-9(13)6-7-10(11)14/h6-8H,1-5H3. The van der Waals surface area contributed by atoms with Gasteiger partial charge in [-0.3, -0.25) is 0 Å². The Labute approximate surface area is 106 Å². The first-order chi connectivity index (χ1) is 7.13. The Hall–Kier alpha value is -0.353. The molecule has 1 aromatic carbocycles. The maximum Gasteiger partial charge on any atom is 0.250 e. The molecule has 0 saturated heterocycles. The zero-order valence-corrected chi connectivity index (χ0v) is 13.0. The highest BCUT2D eigenvalue weighted by Gasteiger charge is 2.39. The van der Waals surface area contributed by atoms with Gasteiger partial charge in [-0.15, -0.1) is 0 Å². The van der Waals surface area contributed by atoms with Gasteiger partial charge in [-0.1, -0.05) is 36.7 Å². The molecule has 0 aliphatic carbocycles. The number of hydrogen-bond acceptors (Lipinski definition) is 1. The molecule has 16 heavy (non-hydrogen) atoms. The molecule has 90 valence electrons. The summed E-state index contributed by atoms with van der Waals surface area (Å²) in [5.74, 6) is 0.0500. The average Bonchev–Trinajstić information content (AvgIpc) is 2.09. The highest BCUT2D eigenvalue weighted by molar-refractivity contribution is 9.10. The van der Waals surface area contributed by atoms with Gasteiger partial charge in [0.1, 0.15) is 5.75 Å². The summed E-state index contributed by atoms with van der Waals surface area (Å²) in [6.07, 6.45) is 0. The van der Waals surface area contributed by atoms with Gasteiger partial charge in [0.15, 0.2) is 5.82 Å². The second-order valence-corrected chi connectivity index (χ2v) is 11.1. The largest absolute Gasteiger partial charge is 0.542 e. The molecule has 1 aromatic rings. The van der Waals surface area contributed by atoms with Crippen LogP contribution in [0.1, 0.15) is 20.8 Å². The van der Waals surface area contributed by atoms with E-state index in [0.29, 0.717) is 5.75 Å². The Morgan fingerprint density at radius 1 is 1.25 bits per heavy atom. The van der Waals surface area contributed by atoms with Gasteiger partial charge in [0, 0.05) is 4.47 Å². The lowest BCUT2D eigenvalue weighted by atomic mass is 10.2. The lowest BCUT2D eigenvalue weighted by Crippen LogP contribution is -2.44. The van der Waals surface area contributed by atoms with E-state index in [4.69, 9.17) is 4.43 Å². The lowest BCUT2D eigenvalue weighted by molar-refractivity contribution is 0.456. The van der Waals surface area contributed by atoms with Crippen molar-refractivity contribution >= 4 is 24.2 Å². The zero-order valence-electron chi connectivity index (χ0n) is 10.4. The van der Waals surface area contributed by atoms with Crippen LogP contribution in [0.2, 0.25) is 18.1 Å². The van der Waals surface area contributed by atoms with Gasteiger partial charge in [0.25, 0.3) is 8.32 Å². The molecule has 0 aliphatic rings. The summed E-state index contributed by atoms with van der Waals surface area (Å²) in [5, 5.41) is 0.0712. The van der Waals surface area contributed by atoms with E-state index < -0.39 is 8.32 Å². The first kappa shape index (κ1) is 13.7. The molecule has 0 radical (unpaired) electrons. The van der Waals surface area contributed by atoms with E-state index in [1.165, 1.54) is 6.07 Å². The minimum Gasteiger partial charge on any atom is -0.542 e. The van der Waals surface area contributed by atoms with Crippen LogP contribution in [0, 0.1) is 5.82 Å². The van der Waals surface area contributed by atoms with Crippen molar-refractivity contribution in [2.75, 3.05) is 0 Å². The van der Waals surface area contributed by atoms with Gasteiger partial charge in [0.2, 0.25) is 0 Å². The van der Waals surface area contributed by atoms with Crippen LogP contribution in [-0.2, 0) is 0 Å². The van der Waals surface area contributed by atoms with Crippen LogP contribution in [-0.4, -0.2) is 8.32 Å². The highest BCUT2D eigenvalue weighted by atomic mass is 79.9. The molecule has 4 heteroatoms. The highest BCUT2D eigenvalue weighted by Crippen LogP contribution is 2.38. The van der Waals surface area contributed by atoms with Crippen molar-refractivity contribution in [2.45, 2.75) is 38.9 Å². The molecule has 0 aliphatic heterocycles. The second-order valence-electron chi connectivity index (χ2n) is 5.44. The van der Waals surface area contributed by atoms with E-state index in [9.17, 15) is 4.39 Å². The molecule has 0 fully saturated rings. The summed E-state index contributed by atoms with van der Waals surface area (Å²) >= 11 is 3.32. The summed E-state index contributed by atoms with van der Waals surface area (Å²) in [7, 11) is -1.96. The number of hydrogen-bond donors (Lipinski definition) is 0. The third kappa shape index (κ3) is 3.07. The second kappa shape index (κ2) is 4.49. The summed E-state index contributed by atoms with van der Waals surface area (Å²) in [6.45, 7) is 10.6. The summed E-state index contributed by atoms with van der Waals surface area (Å²) in [4.78, 5) is 0. The fourth-order valence-corrected chi connectivity index (χ4v) is 2.34. The third-order valence-electron chi connectivity index (χ3n) is 3.06. The number of benzene rings is 1. The molecule has 0 atom stereocenters. The number of rotatable bonds is 2. The minimum atomic E-state index is -1.96. The quantitative estimate of drug-likeness (QED) is 0.701. The van der Waals surface area contributed by atoms with Crippen LogP contribution in [0.5, 0.6) is 5.75 Å². The fourth-order valence-electron chi connectivity index (χ4n) is 0.983. The van der Waals surface area contributed by atoms with Crippen LogP contribution >= 0.6 is 15.9 Å². The normalized spacial score (nSPS) is 12.7. The van der Waals surface area contributed by atoms with Crippen molar-refractivity contribution in [3.8, 4) is 5.75 Å². The molecular weight excluding hydrogens is 287 g/mol. The molecule has 1 nitrogen and oxygen atoms in total. The van der Waals surface area contributed by atoms with Crippen LogP contribution < -0.4 is 4.43 Å². The van der Waals surface area contributed by atoms with Crippen molar-refractivity contribution in [1.29, 1.82) is 0 Å². The Kier molecular flexibility index (Phi) is 3.85. The van der Waals surface area contributed by atoms with Gasteiger partial charge in [-0.25, -0.2) is 4.39 Å². The van der Waals surface area contributed by atoms with Crippen molar-refractivity contribution in [2.24, 2.45) is 0 Å². The number of halogens is 2. The van der Waals surface area contributed by atoms with Gasteiger partial charge in [-0.05, 0) is 36.3 Å². The smallest absolute Gasteiger partial charge is 0.250 e. The minimum absolute atomic E-state index is 0.0712. The van der Waals surface area contributed by atoms with Crippen molar-refractivity contribution in [1.82, 2.24) is 0 Å². The Bertz CT molecular complexity index is 385. The molecule has 0 saturated carbocycles. The van der Waals surface area contributed by atoms with E-state index in [0.717, 1.165) is 4.47 Å². The topological polar surface area (TPSA) is 9.23 Å². The monoisotopic (exact) mass is 304 g/mol. The van der Waals surface area contributed by atoms with Gasteiger partial charge >= 0.3 is 0 Å². The maximum atomic E-state index is 13.6. The van der Waals surface area contributed by atoms with Crippen molar-refractivity contribution in [3.05, 3.63) is 28.5 Å². The molecule has 0 N–H and O–H groups in total. The SMILES string of the molecule is CC(C)(C)[Si](C)(C)Oc1cc(Br)ccc1F. The Balaban J connectivity index is 3.01. The molecule has 0 aromatic heterocycles. The third-order valence-corrected chi connectivity index (χ3v) is 7.90. The van der Waals surface area contributed by atoms with Crippen LogP contribution in [0.4, 0.5) is 4.39 Å². The first-order valence-corrected chi connectivity index (χ1v) is 8.98. The Morgan fingerprint density at radius 3 is 2.31 bits per heavy atom. The summed E-state index contributed by atoms with van der Waals surface area (Å²) in [6, 6.07) is 4.79. The molecular formula is C12H18BrFOSi. The first-order valence-electron chi connectivity index (χ1n) is 5.27. The maximum absolute atomic E-state index is 13.6.